The quantitative estimate of drug-likeness (QED) is 0.844. The van der Waals surface area contributed by atoms with E-state index in [-0.39, 0.29) is 11.3 Å². The van der Waals surface area contributed by atoms with Gasteiger partial charge in [-0.05, 0) is 49.5 Å². The number of amides is 2. The maximum Gasteiger partial charge on any atom is 0.272 e. The zero-order chi connectivity index (χ0) is 17.3. The molecule has 2 saturated heterocycles. The van der Waals surface area contributed by atoms with Gasteiger partial charge >= 0.3 is 0 Å². The van der Waals surface area contributed by atoms with Crippen molar-refractivity contribution >= 4 is 11.8 Å². The molecule has 0 radical (unpaired) electrons. The third kappa shape index (κ3) is 3.39. The molecule has 0 aromatic carbocycles. The van der Waals surface area contributed by atoms with Crippen LogP contribution < -0.4 is 0 Å². The number of carbonyl (C=O) groups is 2. The zero-order valence-corrected chi connectivity index (χ0v) is 14.7. The van der Waals surface area contributed by atoms with Crippen LogP contribution in [0, 0.1) is 11.3 Å². The molecule has 6 nitrogen and oxygen atoms in total. The van der Waals surface area contributed by atoms with Gasteiger partial charge in [0, 0.05) is 38.8 Å². The molecular formula is C19H26N4O2. The summed E-state index contributed by atoms with van der Waals surface area (Å²) in [6.45, 7) is 3.35. The molecule has 4 rings (SSSR count). The first-order valence-electron chi connectivity index (χ1n) is 9.48. The number of hydrogen-bond acceptors (Lipinski definition) is 4. The summed E-state index contributed by atoms with van der Waals surface area (Å²) >= 11 is 0. The van der Waals surface area contributed by atoms with Crippen molar-refractivity contribution in [1.29, 1.82) is 0 Å². The van der Waals surface area contributed by atoms with E-state index < -0.39 is 0 Å². The van der Waals surface area contributed by atoms with E-state index in [4.69, 9.17) is 0 Å². The maximum atomic E-state index is 12.6. The largest absolute Gasteiger partial charge is 0.342 e. The molecule has 1 aliphatic carbocycles. The Labute approximate surface area is 148 Å². The molecule has 2 amide bonds. The highest BCUT2D eigenvalue weighted by atomic mass is 16.2. The van der Waals surface area contributed by atoms with Gasteiger partial charge in [0.2, 0.25) is 5.91 Å². The van der Waals surface area contributed by atoms with Crippen molar-refractivity contribution < 1.29 is 9.59 Å². The summed E-state index contributed by atoms with van der Waals surface area (Å²) in [4.78, 5) is 36.8. The van der Waals surface area contributed by atoms with Gasteiger partial charge < -0.3 is 9.80 Å². The minimum absolute atomic E-state index is 0.00420. The summed E-state index contributed by atoms with van der Waals surface area (Å²) in [5.41, 5.74) is 0.677. The average molecular weight is 342 g/mol. The van der Waals surface area contributed by atoms with Gasteiger partial charge in [-0.3, -0.25) is 9.59 Å². The monoisotopic (exact) mass is 342 g/mol. The minimum atomic E-state index is -0.00420. The lowest BCUT2D eigenvalue weighted by Crippen LogP contribution is -2.53. The molecule has 1 saturated carbocycles. The van der Waals surface area contributed by atoms with Crippen LogP contribution in [0.2, 0.25) is 0 Å². The van der Waals surface area contributed by atoms with E-state index >= 15 is 0 Å². The van der Waals surface area contributed by atoms with Gasteiger partial charge in [-0.2, -0.15) is 0 Å². The number of hydrogen-bond donors (Lipinski definition) is 0. The molecule has 2 aliphatic heterocycles. The highest BCUT2D eigenvalue weighted by Crippen LogP contribution is 2.41. The highest BCUT2D eigenvalue weighted by Gasteiger charge is 2.42. The molecule has 0 bridgehead atoms. The van der Waals surface area contributed by atoms with Crippen LogP contribution in [0.4, 0.5) is 0 Å². The lowest BCUT2D eigenvalue weighted by Gasteiger charge is -2.48. The van der Waals surface area contributed by atoms with Crippen LogP contribution in [0.3, 0.4) is 0 Å². The Bertz CT molecular complexity index is 636. The average Bonchev–Trinajstić information content (AvgIpc) is 2.62. The van der Waals surface area contributed by atoms with E-state index in [1.807, 2.05) is 4.90 Å². The fraction of sp³-hybridized carbons (Fsp3) is 0.684. The van der Waals surface area contributed by atoms with E-state index in [0.717, 1.165) is 51.4 Å². The van der Waals surface area contributed by atoms with E-state index in [1.54, 1.807) is 12.3 Å². The number of rotatable bonds is 3. The zero-order valence-electron chi connectivity index (χ0n) is 14.7. The Morgan fingerprint density at radius 2 is 2.04 bits per heavy atom. The van der Waals surface area contributed by atoms with Gasteiger partial charge in [-0.15, -0.1) is 0 Å². The van der Waals surface area contributed by atoms with Gasteiger partial charge in [0.05, 0.1) is 0 Å². The number of piperidine rings is 2. The second-order valence-electron chi connectivity index (χ2n) is 7.96. The summed E-state index contributed by atoms with van der Waals surface area (Å²) in [7, 11) is 0. The molecule has 3 aliphatic rings. The lowest BCUT2D eigenvalue weighted by molar-refractivity contribution is -0.140. The topological polar surface area (TPSA) is 66.4 Å². The summed E-state index contributed by atoms with van der Waals surface area (Å²) < 4.78 is 0. The summed E-state index contributed by atoms with van der Waals surface area (Å²) in [6.07, 6.45) is 10.5. The Kier molecular flexibility index (Phi) is 4.44. The predicted octanol–water partition coefficient (Wildman–Crippen LogP) is 2.12. The van der Waals surface area contributed by atoms with Crippen molar-refractivity contribution in [2.75, 3.05) is 26.2 Å². The Balaban J connectivity index is 1.37. The van der Waals surface area contributed by atoms with Gasteiger partial charge in [0.25, 0.3) is 5.91 Å². The fourth-order valence-electron chi connectivity index (χ4n) is 4.43. The van der Waals surface area contributed by atoms with Crippen LogP contribution in [-0.2, 0) is 4.79 Å². The van der Waals surface area contributed by atoms with E-state index in [2.05, 4.69) is 14.9 Å². The number of likely N-dealkylation sites (tertiary alicyclic amines) is 2. The van der Waals surface area contributed by atoms with Crippen LogP contribution in [0.1, 0.15) is 55.4 Å². The summed E-state index contributed by atoms with van der Waals surface area (Å²) in [5, 5.41) is 0. The van der Waals surface area contributed by atoms with Gasteiger partial charge in [-0.1, -0.05) is 6.42 Å². The molecule has 0 N–H and O–H groups in total. The second kappa shape index (κ2) is 6.73. The first-order valence-corrected chi connectivity index (χ1v) is 9.48. The Morgan fingerprint density at radius 1 is 1.24 bits per heavy atom. The molecule has 25 heavy (non-hydrogen) atoms. The van der Waals surface area contributed by atoms with E-state index in [0.29, 0.717) is 18.0 Å². The Morgan fingerprint density at radius 3 is 2.68 bits per heavy atom. The van der Waals surface area contributed by atoms with Gasteiger partial charge in [0.15, 0.2) is 0 Å². The molecule has 134 valence electrons. The third-order valence-corrected chi connectivity index (χ3v) is 6.36. The predicted molar refractivity (Wildman–Crippen MR) is 92.8 cm³/mol. The molecule has 3 heterocycles. The van der Waals surface area contributed by atoms with Crippen molar-refractivity contribution in [3.8, 4) is 0 Å². The SMILES string of the molecule is O=C1CCC2(CCN(C(=O)c3ccncn3)CC2)CN1CC1CCC1. The normalized spacial score (nSPS) is 23.6. The van der Waals surface area contributed by atoms with Crippen LogP contribution >= 0.6 is 0 Å². The first kappa shape index (κ1) is 16.5. The van der Waals surface area contributed by atoms with Crippen LogP contribution in [0.5, 0.6) is 0 Å². The molecule has 0 unspecified atom stereocenters. The van der Waals surface area contributed by atoms with E-state index in [9.17, 15) is 9.59 Å². The summed E-state index contributed by atoms with van der Waals surface area (Å²) in [6, 6.07) is 1.67. The maximum absolute atomic E-state index is 12.6. The molecule has 1 aromatic rings. The van der Waals surface area contributed by atoms with Crippen molar-refractivity contribution in [2.24, 2.45) is 11.3 Å². The fourth-order valence-corrected chi connectivity index (χ4v) is 4.43. The third-order valence-electron chi connectivity index (χ3n) is 6.36. The highest BCUT2D eigenvalue weighted by molar-refractivity contribution is 5.92. The van der Waals surface area contributed by atoms with E-state index in [1.165, 1.54) is 25.6 Å². The Hall–Kier alpha value is -1.98. The van der Waals surface area contributed by atoms with Crippen molar-refractivity contribution in [2.45, 2.75) is 44.9 Å². The summed E-state index contributed by atoms with van der Waals surface area (Å²) in [5.74, 6) is 1.05. The molecule has 1 aromatic heterocycles. The molecular weight excluding hydrogens is 316 g/mol. The van der Waals surface area contributed by atoms with Crippen molar-refractivity contribution in [1.82, 2.24) is 19.8 Å². The number of aromatic nitrogens is 2. The molecule has 1 spiro atoms. The van der Waals surface area contributed by atoms with Gasteiger partial charge in [-0.25, -0.2) is 9.97 Å². The number of carbonyl (C=O) groups excluding carboxylic acids is 2. The number of nitrogens with zero attached hydrogens (tertiary/aromatic N) is 4. The van der Waals surface area contributed by atoms with Crippen molar-refractivity contribution in [3.63, 3.8) is 0 Å². The van der Waals surface area contributed by atoms with Crippen molar-refractivity contribution in [3.05, 3.63) is 24.3 Å². The lowest BCUT2D eigenvalue weighted by atomic mass is 9.71. The van der Waals surface area contributed by atoms with Crippen LogP contribution in [-0.4, -0.2) is 57.8 Å². The smallest absolute Gasteiger partial charge is 0.272 e. The minimum Gasteiger partial charge on any atom is -0.342 e. The molecule has 6 heteroatoms. The van der Waals surface area contributed by atoms with Gasteiger partial charge in [0.1, 0.15) is 12.0 Å². The first-order chi connectivity index (χ1) is 12.2. The standard InChI is InChI=1S/C19H26N4O2/c24-17-4-6-19(13-23(17)12-15-2-1-3-15)7-10-22(11-8-19)18(25)16-5-9-20-14-21-16/h5,9,14-15H,1-4,6-8,10-13H2. The molecule has 0 atom stereocenters. The molecule has 3 fully saturated rings. The second-order valence-corrected chi connectivity index (χ2v) is 7.96. The van der Waals surface area contributed by atoms with Crippen LogP contribution in [0.25, 0.3) is 0 Å². The van der Waals surface area contributed by atoms with Crippen LogP contribution in [0.15, 0.2) is 18.6 Å².